The van der Waals surface area contributed by atoms with E-state index >= 15 is 0 Å². The first-order valence-electron chi connectivity index (χ1n) is 4.32. The molecule has 2 heteroatoms. The summed E-state index contributed by atoms with van der Waals surface area (Å²) in [4.78, 5) is 2.42. The molecule has 0 aromatic heterocycles. The summed E-state index contributed by atoms with van der Waals surface area (Å²) in [5.41, 5.74) is 6.09. The first-order chi connectivity index (χ1) is 5.17. The maximum atomic E-state index is 6.17. The van der Waals surface area contributed by atoms with E-state index in [4.69, 9.17) is 5.73 Å². The topological polar surface area (TPSA) is 29.3 Å². The first kappa shape index (κ1) is 7.32. The van der Waals surface area contributed by atoms with Gasteiger partial charge in [0, 0.05) is 12.1 Å². The minimum Gasteiger partial charge on any atom is -0.321 e. The summed E-state index contributed by atoms with van der Waals surface area (Å²) in [6.45, 7) is 3.82. The van der Waals surface area contributed by atoms with Gasteiger partial charge in [0.05, 0.1) is 5.54 Å². The number of hydrogen-bond donors (Lipinski definition) is 1. The van der Waals surface area contributed by atoms with Crippen LogP contribution in [0.5, 0.6) is 0 Å². The molecule has 0 aromatic carbocycles. The van der Waals surface area contributed by atoms with Gasteiger partial charge in [0.2, 0.25) is 0 Å². The summed E-state index contributed by atoms with van der Waals surface area (Å²) >= 11 is 0. The van der Waals surface area contributed by atoms with E-state index in [1.165, 1.54) is 12.8 Å². The molecule has 0 spiro atoms. The molecule has 62 valence electrons. The zero-order chi connectivity index (χ0) is 8.06. The Labute approximate surface area is 68.1 Å². The lowest BCUT2D eigenvalue weighted by atomic mass is 9.83. The zero-order valence-corrected chi connectivity index (χ0v) is 7.09. The van der Waals surface area contributed by atoms with E-state index in [1.807, 2.05) is 6.08 Å². The molecule has 0 radical (unpaired) electrons. The minimum absolute atomic E-state index is 0.0856. The van der Waals surface area contributed by atoms with Crippen LogP contribution in [-0.4, -0.2) is 29.6 Å². The Balaban J connectivity index is 2.26. The molecule has 2 fully saturated rings. The van der Waals surface area contributed by atoms with E-state index in [-0.39, 0.29) is 5.54 Å². The SMILES string of the molecule is C=CC1(N)CC2CCC1N2C. The highest BCUT2D eigenvalue weighted by Crippen LogP contribution is 2.41. The Morgan fingerprint density at radius 3 is 2.64 bits per heavy atom. The average Bonchev–Trinajstić information content (AvgIpc) is 2.44. The molecule has 3 unspecified atom stereocenters. The van der Waals surface area contributed by atoms with Gasteiger partial charge < -0.3 is 5.73 Å². The highest BCUT2D eigenvalue weighted by molar-refractivity contribution is 5.18. The third-order valence-corrected chi connectivity index (χ3v) is 3.43. The van der Waals surface area contributed by atoms with Crippen molar-refractivity contribution in [2.75, 3.05) is 7.05 Å². The summed E-state index contributed by atoms with van der Waals surface area (Å²) in [5, 5.41) is 0. The summed E-state index contributed by atoms with van der Waals surface area (Å²) in [6.07, 6.45) is 5.63. The van der Waals surface area contributed by atoms with Gasteiger partial charge >= 0.3 is 0 Å². The van der Waals surface area contributed by atoms with E-state index in [1.54, 1.807) is 0 Å². The van der Waals surface area contributed by atoms with Crippen molar-refractivity contribution in [1.82, 2.24) is 4.90 Å². The van der Waals surface area contributed by atoms with Crippen LogP contribution in [0.2, 0.25) is 0 Å². The smallest absolute Gasteiger partial charge is 0.0509 e. The number of nitrogens with zero attached hydrogens (tertiary/aromatic N) is 1. The monoisotopic (exact) mass is 152 g/mol. The van der Waals surface area contributed by atoms with Crippen LogP contribution >= 0.6 is 0 Å². The third kappa shape index (κ3) is 0.797. The Morgan fingerprint density at radius 2 is 2.36 bits per heavy atom. The second kappa shape index (κ2) is 2.08. The maximum Gasteiger partial charge on any atom is 0.0509 e. The van der Waals surface area contributed by atoms with E-state index in [2.05, 4.69) is 18.5 Å². The minimum atomic E-state index is -0.0856. The predicted octanol–water partition coefficient (Wildman–Crippen LogP) is 0.736. The van der Waals surface area contributed by atoms with Crippen molar-refractivity contribution in [3.05, 3.63) is 12.7 Å². The molecule has 0 amide bonds. The number of nitrogens with two attached hydrogens (primary N) is 1. The molecule has 0 aromatic rings. The van der Waals surface area contributed by atoms with Crippen molar-refractivity contribution in [2.24, 2.45) is 5.73 Å². The van der Waals surface area contributed by atoms with Crippen molar-refractivity contribution in [2.45, 2.75) is 36.9 Å². The molecule has 3 atom stereocenters. The van der Waals surface area contributed by atoms with Crippen LogP contribution in [0.25, 0.3) is 0 Å². The van der Waals surface area contributed by atoms with Crippen molar-refractivity contribution in [3.63, 3.8) is 0 Å². The lowest BCUT2D eigenvalue weighted by Gasteiger charge is -2.29. The molecule has 2 N–H and O–H groups in total. The van der Waals surface area contributed by atoms with Gasteiger partial charge in [-0.2, -0.15) is 0 Å². The second-order valence-electron chi connectivity index (χ2n) is 3.93. The molecule has 0 saturated carbocycles. The maximum absolute atomic E-state index is 6.17. The molecule has 11 heavy (non-hydrogen) atoms. The fraction of sp³-hybridized carbons (Fsp3) is 0.778. The van der Waals surface area contributed by atoms with Gasteiger partial charge in [0.15, 0.2) is 0 Å². The van der Waals surface area contributed by atoms with Gasteiger partial charge in [-0.3, -0.25) is 4.90 Å². The van der Waals surface area contributed by atoms with Crippen LogP contribution in [0.1, 0.15) is 19.3 Å². The highest BCUT2D eigenvalue weighted by Gasteiger charge is 2.50. The Bertz CT molecular complexity index is 190. The quantitative estimate of drug-likeness (QED) is 0.561. The summed E-state index contributed by atoms with van der Waals surface area (Å²) in [6, 6.07) is 1.29. The lowest BCUT2D eigenvalue weighted by molar-refractivity contribution is 0.290. The Hall–Kier alpha value is -0.340. The Morgan fingerprint density at radius 1 is 1.64 bits per heavy atom. The summed E-state index contributed by atoms with van der Waals surface area (Å²) in [7, 11) is 2.18. The van der Waals surface area contributed by atoms with Crippen molar-refractivity contribution in [3.8, 4) is 0 Å². The molecule has 2 saturated heterocycles. The second-order valence-corrected chi connectivity index (χ2v) is 3.93. The fourth-order valence-corrected chi connectivity index (χ4v) is 2.67. The number of likely N-dealkylation sites (N-methyl/N-ethyl adjacent to an activating group) is 1. The standard InChI is InChI=1S/C9H16N2/c1-3-9(10)6-7-4-5-8(9)11(7)2/h3,7-8H,1,4-6,10H2,2H3. The highest BCUT2D eigenvalue weighted by atomic mass is 15.2. The molecule has 0 aliphatic carbocycles. The van der Waals surface area contributed by atoms with Crippen LogP contribution in [0.3, 0.4) is 0 Å². The summed E-state index contributed by atoms with van der Waals surface area (Å²) in [5.74, 6) is 0. The number of fused-ring (bicyclic) bond motifs is 2. The van der Waals surface area contributed by atoms with Crippen LogP contribution in [-0.2, 0) is 0 Å². The van der Waals surface area contributed by atoms with Gasteiger partial charge in [-0.05, 0) is 26.3 Å². The molecular weight excluding hydrogens is 136 g/mol. The molecule has 2 aliphatic heterocycles. The van der Waals surface area contributed by atoms with E-state index in [0.29, 0.717) is 6.04 Å². The summed E-state index contributed by atoms with van der Waals surface area (Å²) < 4.78 is 0. The average molecular weight is 152 g/mol. The van der Waals surface area contributed by atoms with Gasteiger partial charge in [-0.25, -0.2) is 0 Å². The van der Waals surface area contributed by atoms with Crippen LogP contribution < -0.4 is 5.73 Å². The molecular formula is C9H16N2. The lowest BCUT2D eigenvalue weighted by Crippen LogP contribution is -2.48. The van der Waals surface area contributed by atoms with Crippen molar-refractivity contribution < 1.29 is 0 Å². The van der Waals surface area contributed by atoms with Crippen LogP contribution in [0, 0.1) is 0 Å². The van der Waals surface area contributed by atoms with Crippen LogP contribution in [0.4, 0.5) is 0 Å². The normalized spacial score (nSPS) is 50.0. The number of hydrogen-bond acceptors (Lipinski definition) is 2. The first-order valence-corrected chi connectivity index (χ1v) is 4.32. The Kier molecular flexibility index (Phi) is 1.38. The van der Waals surface area contributed by atoms with Gasteiger partial charge in [-0.15, -0.1) is 6.58 Å². The van der Waals surface area contributed by atoms with Gasteiger partial charge in [0.25, 0.3) is 0 Å². The predicted molar refractivity (Wildman–Crippen MR) is 46.3 cm³/mol. The third-order valence-electron chi connectivity index (χ3n) is 3.43. The largest absolute Gasteiger partial charge is 0.321 e. The molecule has 2 rings (SSSR count). The molecule has 2 aliphatic rings. The van der Waals surface area contributed by atoms with E-state index in [9.17, 15) is 0 Å². The molecule has 2 heterocycles. The molecule has 2 bridgehead atoms. The van der Waals surface area contributed by atoms with Gasteiger partial charge in [0.1, 0.15) is 0 Å². The van der Waals surface area contributed by atoms with Crippen molar-refractivity contribution >= 4 is 0 Å². The van der Waals surface area contributed by atoms with Crippen molar-refractivity contribution in [1.29, 1.82) is 0 Å². The van der Waals surface area contributed by atoms with E-state index in [0.717, 1.165) is 12.5 Å². The zero-order valence-electron chi connectivity index (χ0n) is 7.09. The van der Waals surface area contributed by atoms with Gasteiger partial charge in [-0.1, -0.05) is 6.08 Å². The van der Waals surface area contributed by atoms with E-state index < -0.39 is 0 Å². The molecule has 2 nitrogen and oxygen atoms in total. The fourth-order valence-electron chi connectivity index (χ4n) is 2.67. The van der Waals surface area contributed by atoms with Crippen LogP contribution in [0.15, 0.2) is 12.7 Å². The number of rotatable bonds is 1.